The Balaban J connectivity index is 2.08. The second-order valence-electron chi connectivity index (χ2n) is 4.10. The zero-order chi connectivity index (χ0) is 11.1. The molecule has 0 spiro atoms. The maximum absolute atomic E-state index is 12.3. The fraction of sp³-hybridized carbons (Fsp3) is 0.600. The van der Waals surface area contributed by atoms with Crippen LogP contribution in [0.15, 0.2) is 12.1 Å². The molecule has 0 radical (unpaired) electrons. The van der Waals surface area contributed by atoms with Crippen LogP contribution in [0.25, 0.3) is 0 Å². The zero-order valence-corrected chi connectivity index (χ0v) is 8.79. The quantitative estimate of drug-likeness (QED) is 0.855. The van der Waals surface area contributed by atoms with Crippen molar-refractivity contribution in [1.29, 1.82) is 0 Å². The molecule has 0 unspecified atom stereocenters. The van der Waals surface area contributed by atoms with Crippen LogP contribution in [0.1, 0.15) is 22.6 Å². The number of thiophene rings is 1. The van der Waals surface area contributed by atoms with Gasteiger partial charge in [-0.05, 0) is 36.8 Å². The second kappa shape index (κ2) is 3.49. The molecular formula is C10H11F3OS. The maximum atomic E-state index is 12.3. The molecule has 0 aromatic carbocycles. The Morgan fingerprint density at radius 1 is 1.33 bits per heavy atom. The van der Waals surface area contributed by atoms with Gasteiger partial charge in [-0.1, -0.05) is 0 Å². The first kappa shape index (κ1) is 11.0. The Kier molecular flexibility index (Phi) is 2.55. The van der Waals surface area contributed by atoms with Gasteiger partial charge in [-0.2, -0.15) is 13.2 Å². The molecule has 0 atom stereocenters. The number of aliphatic hydroxyl groups excluding tert-OH is 1. The van der Waals surface area contributed by atoms with E-state index in [4.69, 9.17) is 5.11 Å². The van der Waals surface area contributed by atoms with Gasteiger partial charge in [-0.3, -0.25) is 0 Å². The van der Waals surface area contributed by atoms with Crippen LogP contribution in [-0.2, 0) is 12.6 Å². The Morgan fingerprint density at radius 2 is 2.00 bits per heavy atom. The summed E-state index contributed by atoms with van der Waals surface area (Å²) in [6.07, 6.45) is -1.82. The number of halogens is 3. The van der Waals surface area contributed by atoms with Crippen molar-refractivity contribution >= 4 is 11.3 Å². The average molecular weight is 236 g/mol. The average Bonchev–Trinajstić information content (AvgIpc) is 2.73. The molecule has 1 aromatic heterocycles. The molecular weight excluding hydrogens is 225 g/mol. The lowest BCUT2D eigenvalue weighted by molar-refractivity contribution is -0.134. The number of hydrogen-bond donors (Lipinski definition) is 1. The second-order valence-corrected chi connectivity index (χ2v) is 5.27. The Hall–Kier alpha value is -0.550. The molecule has 84 valence electrons. The maximum Gasteiger partial charge on any atom is 0.425 e. The predicted octanol–water partition coefficient (Wildman–Crippen LogP) is 3.08. The number of alkyl halides is 3. The predicted molar refractivity (Wildman–Crippen MR) is 51.8 cm³/mol. The molecule has 1 aliphatic rings. The molecule has 15 heavy (non-hydrogen) atoms. The van der Waals surface area contributed by atoms with E-state index in [2.05, 4.69) is 0 Å². The van der Waals surface area contributed by atoms with E-state index < -0.39 is 11.1 Å². The van der Waals surface area contributed by atoms with E-state index in [1.54, 1.807) is 0 Å². The van der Waals surface area contributed by atoms with Gasteiger partial charge in [-0.25, -0.2) is 0 Å². The highest BCUT2D eigenvalue weighted by molar-refractivity contribution is 7.12. The van der Waals surface area contributed by atoms with Gasteiger partial charge in [0.1, 0.15) is 4.88 Å². The van der Waals surface area contributed by atoms with Crippen LogP contribution in [0.3, 0.4) is 0 Å². The van der Waals surface area contributed by atoms with E-state index in [0.29, 0.717) is 11.3 Å². The van der Waals surface area contributed by atoms with E-state index in [1.807, 2.05) is 0 Å². The summed E-state index contributed by atoms with van der Waals surface area (Å²) in [6, 6.07) is 2.64. The Labute approximate surface area is 89.5 Å². The molecule has 1 heterocycles. The Bertz CT molecular complexity index is 352. The summed E-state index contributed by atoms with van der Waals surface area (Å²) in [5.74, 6) is 0. The van der Waals surface area contributed by atoms with Crippen LogP contribution in [-0.4, -0.2) is 11.7 Å². The molecule has 5 heteroatoms. The van der Waals surface area contributed by atoms with Gasteiger partial charge in [0.2, 0.25) is 0 Å². The summed E-state index contributed by atoms with van der Waals surface area (Å²) in [4.78, 5) is 0.167. The summed E-state index contributed by atoms with van der Waals surface area (Å²) in [6.45, 7) is 0.0756. The molecule has 0 aliphatic heterocycles. The Morgan fingerprint density at radius 3 is 2.40 bits per heavy atom. The minimum Gasteiger partial charge on any atom is -0.396 e. The van der Waals surface area contributed by atoms with Crippen LogP contribution < -0.4 is 0 Å². The third kappa shape index (κ3) is 2.34. The minimum atomic E-state index is -4.24. The van der Waals surface area contributed by atoms with Gasteiger partial charge in [0.25, 0.3) is 0 Å². The van der Waals surface area contributed by atoms with Crippen LogP contribution in [0.5, 0.6) is 0 Å². The van der Waals surface area contributed by atoms with Crippen molar-refractivity contribution in [2.45, 2.75) is 25.4 Å². The standard InChI is InChI=1S/C10H11F3OS/c11-10(12,13)8-2-1-7(15-8)5-9(6-14)3-4-9/h1-2,14H,3-6H2. The summed E-state index contributed by atoms with van der Waals surface area (Å²) < 4.78 is 36.9. The summed E-state index contributed by atoms with van der Waals surface area (Å²) in [5, 5.41) is 9.07. The largest absolute Gasteiger partial charge is 0.425 e. The molecule has 1 nitrogen and oxygen atoms in total. The number of aliphatic hydroxyl groups is 1. The molecule has 1 aliphatic carbocycles. The van der Waals surface area contributed by atoms with Gasteiger partial charge >= 0.3 is 6.18 Å². The van der Waals surface area contributed by atoms with Crippen molar-refractivity contribution in [2.75, 3.05) is 6.61 Å². The first-order valence-corrected chi connectivity index (χ1v) is 5.54. The van der Waals surface area contributed by atoms with E-state index in [0.717, 1.165) is 30.2 Å². The van der Waals surface area contributed by atoms with Gasteiger partial charge < -0.3 is 5.11 Å². The van der Waals surface area contributed by atoms with Gasteiger partial charge in [0.05, 0.1) is 0 Å². The molecule has 0 bridgehead atoms. The monoisotopic (exact) mass is 236 g/mol. The summed E-state index contributed by atoms with van der Waals surface area (Å²) in [7, 11) is 0. The molecule has 1 aromatic rings. The van der Waals surface area contributed by atoms with Crippen molar-refractivity contribution in [3.8, 4) is 0 Å². The van der Waals surface area contributed by atoms with Crippen molar-refractivity contribution < 1.29 is 18.3 Å². The van der Waals surface area contributed by atoms with Crippen molar-refractivity contribution in [2.24, 2.45) is 5.41 Å². The van der Waals surface area contributed by atoms with Crippen LogP contribution in [0.4, 0.5) is 13.2 Å². The lowest BCUT2D eigenvalue weighted by Gasteiger charge is -2.08. The highest BCUT2D eigenvalue weighted by atomic mass is 32.1. The fourth-order valence-corrected chi connectivity index (χ4v) is 2.61. The number of hydrogen-bond acceptors (Lipinski definition) is 2. The SMILES string of the molecule is OCC1(Cc2ccc(C(F)(F)F)s2)CC1. The third-order valence-corrected chi connectivity index (χ3v) is 3.91. The normalized spacial score (nSPS) is 19.2. The van der Waals surface area contributed by atoms with Crippen LogP contribution >= 0.6 is 11.3 Å². The third-order valence-electron chi connectivity index (χ3n) is 2.78. The van der Waals surface area contributed by atoms with Crippen molar-refractivity contribution in [3.63, 3.8) is 0 Å². The van der Waals surface area contributed by atoms with Gasteiger partial charge in [-0.15, -0.1) is 11.3 Å². The molecule has 0 amide bonds. The van der Waals surface area contributed by atoms with Crippen molar-refractivity contribution in [3.05, 3.63) is 21.9 Å². The van der Waals surface area contributed by atoms with E-state index in [1.165, 1.54) is 6.07 Å². The lowest BCUT2D eigenvalue weighted by atomic mass is 10.0. The molecule has 1 fully saturated rings. The summed E-state index contributed by atoms with van der Waals surface area (Å²) >= 11 is 0.786. The first-order valence-electron chi connectivity index (χ1n) is 4.72. The molecule has 2 rings (SSSR count). The smallest absolute Gasteiger partial charge is 0.396 e. The zero-order valence-electron chi connectivity index (χ0n) is 7.97. The van der Waals surface area contributed by atoms with Gasteiger partial charge in [0.15, 0.2) is 0 Å². The van der Waals surface area contributed by atoms with Crippen LogP contribution in [0.2, 0.25) is 0 Å². The summed E-state index contributed by atoms with van der Waals surface area (Å²) in [5.41, 5.74) is -0.117. The number of rotatable bonds is 3. The fourth-order valence-electron chi connectivity index (χ4n) is 1.56. The highest BCUT2D eigenvalue weighted by Crippen LogP contribution is 2.49. The topological polar surface area (TPSA) is 20.2 Å². The lowest BCUT2D eigenvalue weighted by Crippen LogP contribution is -2.08. The first-order chi connectivity index (χ1) is 6.95. The van der Waals surface area contributed by atoms with Crippen LogP contribution in [0, 0.1) is 5.41 Å². The molecule has 1 saturated carbocycles. The van der Waals surface area contributed by atoms with E-state index in [-0.39, 0.29) is 12.0 Å². The highest BCUT2D eigenvalue weighted by Gasteiger charge is 2.42. The van der Waals surface area contributed by atoms with E-state index >= 15 is 0 Å². The molecule has 0 saturated heterocycles. The van der Waals surface area contributed by atoms with Gasteiger partial charge in [0, 0.05) is 11.5 Å². The molecule has 1 N–H and O–H groups in total. The van der Waals surface area contributed by atoms with Crippen molar-refractivity contribution in [1.82, 2.24) is 0 Å². The van der Waals surface area contributed by atoms with E-state index in [9.17, 15) is 13.2 Å². The minimum absolute atomic E-state index is 0.0756.